The van der Waals surface area contributed by atoms with Gasteiger partial charge in [-0.25, -0.2) is 0 Å². The summed E-state index contributed by atoms with van der Waals surface area (Å²) in [5, 5.41) is 0. The topological polar surface area (TPSA) is 43.4 Å². The zero-order valence-corrected chi connectivity index (χ0v) is 33.4. The molecule has 12 aliphatic rings. The van der Waals surface area contributed by atoms with Gasteiger partial charge >= 0.3 is 0 Å². The molecule has 0 bridgehead atoms. The summed E-state index contributed by atoms with van der Waals surface area (Å²) in [6, 6.07) is 25.9. The number of fused-ring (bicyclic) bond motifs is 3. The summed E-state index contributed by atoms with van der Waals surface area (Å²) in [5.41, 5.74) is 6.94. The minimum absolute atomic E-state index is 0.205. The SMILES string of the molecule is c1ccc(N2C3CCCC4OC5CCCC6OC7C8CC9OC%10CCCC%11OC%12CCCC%13C%12P(C%11%10)C9C(C8CC2C7P(C56)C43)N%13c2ccccc2)cc1. The van der Waals surface area contributed by atoms with Gasteiger partial charge in [0.1, 0.15) is 0 Å². The number of hydrogen-bond acceptors (Lipinski definition) is 6. The first-order chi connectivity index (χ1) is 26.8. The van der Waals surface area contributed by atoms with Crippen molar-refractivity contribution in [1.82, 2.24) is 0 Å². The molecule has 54 heavy (non-hydrogen) atoms. The molecule has 0 radical (unpaired) electrons. The van der Waals surface area contributed by atoms with Crippen LogP contribution in [0, 0.1) is 11.8 Å². The fourth-order valence-corrected chi connectivity index (χ4v) is 26.5. The highest BCUT2D eigenvalue weighted by atomic mass is 31.1. The molecule has 6 nitrogen and oxygen atoms in total. The maximum atomic E-state index is 7.88. The third-order valence-electron chi connectivity index (χ3n) is 17.8. The molecule has 6 heterocycles. The van der Waals surface area contributed by atoms with E-state index in [-0.39, 0.29) is 15.8 Å². The van der Waals surface area contributed by atoms with Crippen molar-refractivity contribution in [3.8, 4) is 0 Å². The molecule has 0 N–H and O–H groups in total. The molecule has 6 aliphatic heterocycles. The number of benzene rings is 2. The number of para-hydroxylation sites is 2. The Hall–Kier alpha value is -1.26. The fraction of sp³-hybridized carbons (Fsp3) is 0.739. The van der Waals surface area contributed by atoms with Crippen molar-refractivity contribution in [2.45, 2.75) is 197 Å². The van der Waals surface area contributed by atoms with Gasteiger partial charge in [-0.3, -0.25) is 0 Å². The molecule has 6 saturated heterocycles. The van der Waals surface area contributed by atoms with Crippen molar-refractivity contribution in [1.29, 1.82) is 0 Å². The van der Waals surface area contributed by atoms with Gasteiger partial charge in [0.25, 0.3) is 0 Å². The second kappa shape index (κ2) is 12.1. The minimum atomic E-state index is -0.205. The van der Waals surface area contributed by atoms with Crippen molar-refractivity contribution < 1.29 is 18.9 Å². The maximum absolute atomic E-state index is 7.88. The zero-order valence-electron chi connectivity index (χ0n) is 31.6. The molecule has 22 atom stereocenters. The lowest BCUT2D eigenvalue weighted by molar-refractivity contribution is -0.176. The minimum Gasteiger partial charge on any atom is -0.373 e. The third-order valence-corrected chi connectivity index (χ3v) is 25.9. The van der Waals surface area contributed by atoms with Crippen LogP contribution in [0.3, 0.4) is 0 Å². The molecule has 2 aromatic rings. The molecule has 286 valence electrons. The summed E-state index contributed by atoms with van der Waals surface area (Å²) in [4.78, 5) is 6.16. The van der Waals surface area contributed by atoms with Crippen LogP contribution in [0.4, 0.5) is 11.4 Å². The Morgan fingerprint density at radius 1 is 0.407 bits per heavy atom. The van der Waals surface area contributed by atoms with Crippen LogP contribution in [-0.4, -0.2) is 107 Å². The maximum Gasteiger partial charge on any atom is 0.0698 e. The van der Waals surface area contributed by atoms with Crippen LogP contribution in [0.15, 0.2) is 60.7 Å². The van der Waals surface area contributed by atoms with Crippen molar-refractivity contribution in [3.05, 3.63) is 60.7 Å². The van der Waals surface area contributed by atoms with E-state index in [0.717, 1.165) is 0 Å². The van der Waals surface area contributed by atoms with E-state index in [1.165, 1.54) is 101 Å². The van der Waals surface area contributed by atoms with Gasteiger partial charge < -0.3 is 28.7 Å². The molecule has 6 saturated carbocycles. The fourth-order valence-electron chi connectivity index (χ4n) is 16.6. The molecule has 8 heteroatoms. The Morgan fingerprint density at radius 2 is 0.889 bits per heavy atom. The molecule has 0 spiro atoms. The zero-order chi connectivity index (χ0) is 34.8. The highest BCUT2D eigenvalue weighted by molar-refractivity contribution is 7.61. The number of anilines is 2. The Bertz CT molecular complexity index is 1750. The lowest BCUT2D eigenvalue weighted by atomic mass is 9.62. The van der Waals surface area contributed by atoms with Crippen molar-refractivity contribution >= 4 is 27.2 Å². The average Bonchev–Trinajstić information content (AvgIpc) is 3.22. The van der Waals surface area contributed by atoms with Gasteiger partial charge in [0, 0.05) is 69.5 Å². The monoisotopic (exact) mass is 764 g/mol. The van der Waals surface area contributed by atoms with Gasteiger partial charge in [-0.05, 0) is 126 Å². The van der Waals surface area contributed by atoms with E-state index in [4.69, 9.17) is 18.9 Å². The summed E-state index contributed by atoms with van der Waals surface area (Å²) < 4.78 is 30.1. The Morgan fingerprint density at radius 3 is 1.50 bits per heavy atom. The molecule has 22 unspecified atom stereocenters. The second-order valence-corrected chi connectivity index (χ2v) is 25.2. The highest BCUT2D eigenvalue weighted by Gasteiger charge is 2.73. The summed E-state index contributed by atoms with van der Waals surface area (Å²) in [5.74, 6) is 1.20. The predicted molar refractivity (Wildman–Crippen MR) is 216 cm³/mol. The van der Waals surface area contributed by atoms with Gasteiger partial charge in [-0.2, -0.15) is 0 Å². The van der Waals surface area contributed by atoms with Crippen molar-refractivity contribution in [2.75, 3.05) is 9.80 Å². The number of ether oxygens (including phenoxy) is 4. The molecular formula is C46H58N2O4P2. The third kappa shape index (κ3) is 4.31. The average molecular weight is 765 g/mol. The Balaban J connectivity index is 0.959. The summed E-state index contributed by atoms with van der Waals surface area (Å²) >= 11 is 0. The summed E-state index contributed by atoms with van der Waals surface area (Å²) in [7, 11) is -0.409. The van der Waals surface area contributed by atoms with Gasteiger partial charge in [-0.15, -0.1) is 0 Å². The summed E-state index contributed by atoms with van der Waals surface area (Å²) in [6.07, 6.45) is 21.3. The van der Waals surface area contributed by atoms with E-state index < -0.39 is 0 Å². The van der Waals surface area contributed by atoms with Gasteiger partial charge in [0.05, 0.1) is 48.8 Å². The van der Waals surface area contributed by atoms with Crippen LogP contribution in [0.1, 0.15) is 89.9 Å². The number of rotatable bonds is 2. The van der Waals surface area contributed by atoms with Crippen LogP contribution >= 0.6 is 15.8 Å². The molecule has 0 amide bonds. The van der Waals surface area contributed by atoms with E-state index in [9.17, 15) is 0 Å². The standard InChI is InChI=1S/C46H58N2O4P2/c1-3-11-25(12-4-1)47-29-15-7-17-32-41(29)53-43-31(47)23-27-28(40(43)52-37-22-10-20-35(49-32)45(37)53)24-38-46-39(27)48(26-13-5-2-6-14-26)30-16-8-18-33-42(30)54(46)44-34(50-33)19-9-21-36(44)51-38/h1-6,11-14,27-46H,7-10,15-24H2. The molecule has 2 aromatic carbocycles. The van der Waals surface area contributed by atoms with E-state index in [0.29, 0.717) is 119 Å². The normalized spacial score (nSPS) is 55.5. The van der Waals surface area contributed by atoms with Gasteiger partial charge in [0.15, 0.2) is 0 Å². The highest BCUT2D eigenvalue weighted by Crippen LogP contribution is 2.76. The van der Waals surface area contributed by atoms with Crippen LogP contribution in [0.25, 0.3) is 0 Å². The molecule has 12 fully saturated rings. The lowest BCUT2D eigenvalue weighted by Gasteiger charge is -2.74. The predicted octanol–water partition coefficient (Wildman–Crippen LogP) is 8.52. The molecule has 6 aliphatic carbocycles. The first-order valence-corrected chi connectivity index (χ1v) is 25.7. The molecule has 14 rings (SSSR count). The number of hydrogen-bond donors (Lipinski definition) is 0. The largest absolute Gasteiger partial charge is 0.373 e. The number of nitrogens with zero attached hydrogens (tertiary/aromatic N) is 2. The second-order valence-electron chi connectivity index (χ2n) is 19.8. The van der Waals surface area contributed by atoms with Crippen molar-refractivity contribution in [3.63, 3.8) is 0 Å². The van der Waals surface area contributed by atoms with Crippen LogP contribution < -0.4 is 9.80 Å². The van der Waals surface area contributed by atoms with E-state index in [1.807, 2.05) is 0 Å². The van der Waals surface area contributed by atoms with Crippen LogP contribution in [0.2, 0.25) is 0 Å². The van der Waals surface area contributed by atoms with Crippen molar-refractivity contribution in [2.24, 2.45) is 11.8 Å². The Kier molecular flexibility index (Phi) is 7.35. The van der Waals surface area contributed by atoms with Gasteiger partial charge in [-0.1, -0.05) is 52.2 Å². The smallest absolute Gasteiger partial charge is 0.0698 e. The van der Waals surface area contributed by atoms with E-state index >= 15 is 0 Å². The van der Waals surface area contributed by atoms with E-state index in [1.54, 1.807) is 0 Å². The first-order valence-electron chi connectivity index (χ1n) is 22.6. The quantitative estimate of drug-likeness (QED) is 0.286. The molecular weight excluding hydrogens is 706 g/mol. The first kappa shape index (κ1) is 32.7. The van der Waals surface area contributed by atoms with Gasteiger partial charge in [0.2, 0.25) is 0 Å². The molecule has 0 aromatic heterocycles. The van der Waals surface area contributed by atoms with E-state index in [2.05, 4.69) is 70.5 Å². The Labute approximate surface area is 324 Å². The lowest BCUT2D eigenvalue weighted by Crippen LogP contribution is -2.79. The summed E-state index contributed by atoms with van der Waals surface area (Å²) in [6.45, 7) is 0. The van der Waals surface area contributed by atoms with Crippen LogP contribution in [-0.2, 0) is 18.9 Å². The van der Waals surface area contributed by atoms with Crippen LogP contribution in [0.5, 0.6) is 0 Å².